The Hall–Kier alpha value is -4.13. The highest BCUT2D eigenvalue weighted by atomic mass is 16.5. The number of ether oxygens (including phenoxy) is 1. The fourth-order valence-electron chi connectivity index (χ4n) is 3.84. The molecule has 0 aliphatic heterocycles. The number of alkyl carbamates (subject to hydrolysis) is 1. The minimum absolute atomic E-state index is 0.00127. The van der Waals surface area contributed by atoms with Crippen molar-refractivity contribution >= 4 is 17.9 Å². The topological polar surface area (TPSA) is 111 Å². The summed E-state index contributed by atoms with van der Waals surface area (Å²) in [6, 6.07) is 24.5. The van der Waals surface area contributed by atoms with Crippen LogP contribution in [0.3, 0.4) is 0 Å². The molecular formula is C30H35N3O4. The molecule has 0 fully saturated rings. The first kappa shape index (κ1) is 27.5. The van der Waals surface area contributed by atoms with Gasteiger partial charge in [0.1, 0.15) is 18.7 Å². The van der Waals surface area contributed by atoms with E-state index in [1.54, 1.807) is 0 Å². The quantitative estimate of drug-likeness (QED) is 0.389. The van der Waals surface area contributed by atoms with Crippen molar-refractivity contribution in [3.8, 4) is 0 Å². The van der Waals surface area contributed by atoms with Gasteiger partial charge in [-0.1, -0.05) is 106 Å². The van der Waals surface area contributed by atoms with Crippen LogP contribution in [0.15, 0.2) is 84.9 Å². The predicted molar refractivity (Wildman–Crippen MR) is 144 cm³/mol. The van der Waals surface area contributed by atoms with Crippen LogP contribution in [0.1, 0.15) is 43.0 Å². The number of amides is 3. The molecule has 7 heteroatoms. The monoisotopic (exact) mass is 501 g/mol. The fourth-order valence-corrected chi connectivity index (χ4v) is 3.84. The average molecular weight is 502 g/mol. The Morgan fingerprint density at radius 2 is 1.24 bits per heavy atom. The standard InChI is InChI=1S/C30H35N3O4/c1-30(2,3)24-16-14-22(15-17-24)18-25(27(31)34)32-28(35)26(19-21-10-6-4-7-11-21)33-29(36)37-20-23-12-8-5-9-13-23/h4-17,25-26H,18-20H2,1-3H3,(H2,31,34)(H,32,35)(H,33,36)/t25-,26-/m0/s1. The Morgan fingerprint density at radius 1 is 0.730 bits per heavy atom. The second kappa shape index (κ2) is 12.7. The molecule has 3 amide bonds. The fraction of sp³-hybridized carbons (Fsp3) is 0.300. The summed E-state index contributed by atoms with van der Waals surface area (Å²) in [5.41, 5.74) is 9.34. The molecule has 7 nitrogen and oxygen atoms in total. The molecule has 0 radical (unpaired) electrons. The highest BCUT2D eigenvalue weighted by molar-refractivity contribution is 5.91. The van der Waals surface area contributed by atoms with Crippen molar-refractivity contribution in [2.75, 3.05) is 0 Å². The van der Waals surface area contributed by atoms with Gasteiger partial charge in [0, 0.05) is 12.8 Å². The molecule has 0 bridgehead atoms. The summed E-state index contributed by atoms with van der Waals surface area (Å²) >= 11 is 0. The Balaban J connectivity index is 1.69. The van der Waals surface area contributed by atoms with Crippen molar-refractivity contribution in [3.63, 3.8) is 0 Å². The first-order valence-electron chi connectivity index (χ1n) is 12.3. The van der Waals surface area contributed by atoms with Gasteiger partial charge in [-0.05, 0) is 27.7 Å². The van der Waals surface area contributed by atoms with Crippen LogP contribution in [0.4, 0.5) is 4.79 Å². The normalized spacial score (nSPS) is 12.7. The van der Waals surface area contributed by atoms with E-state index in [2.05, 4.69) is 31.4 Å². The summed E-state index contributed by atoms with van der Waals surface area (Å²) in [6.07, 6.45) is -0.269. The van der Waals surface area contributed by atoms with Crippen molar-refractivity contribution in [1.82, 2.24) is 10.6 Å². The molecule has 0 unspecified atom stereocenters. The second-order valence-corrected chi connectivity index (χ2v) is 10.1. The molecule has 0 aliphatic carbocycles. The van der Waals surface area contributed by atoms with Crippen molar-refractivity contribution in [2.24, 2.45) is 5.73 Å². The van der Waals surface area contributed by atoms with Crippen molar-refractivity contribution < 1.29 is 19.1 Å². The first-order valence-corrected chi connectivity index (χ1v) is 12.3. The number of carbonyl (C=O) groups excluding carboxylic acids is 3. The van der Waals surface area contributed by atoms with Crippen LogP contribution in [0.25, 0.3) is 0 Å². The van der Waals surface area contributed by atoms with Crippen molar-refractivity contribution in [1.29, 1.82) is 0 Å². The minimum atomic E-state index is -0.962. The van der Waals surface area contributed by atoms with Crippen LogP contribution in [-0.4, -0.2) is 30.0 Å². The number of rotatable bonds is 10. The summed E-state index contributed by atoms with van der Waals surface area (Å²) in [7, 11) is 0. The van der Waals surface area contributed by atoms with Gasteiger partial charge in [0.2, 0.25) is 11.8 Å². The number of hydrogen-bond acceptors (Lipinski definition) is 4. The van der Waals surface area contributed by atoms with E-state index in [1.807, 2.05) is 84.9 Å². The van der Waals surface area contributed by atoms with Gasteiger partial charge < -0.3 is 21.1 Å². The number of primary amides is 1. The van der Waals surface area contributed by atoms with Crippen molar-refractivity contribution in [3.05, 3.63) is 107 Å². The molecule has 3 rings (SSSR count). The lowest BCUT2D eigenvalue weighted by Crippen LogP contribution is -2.54. The van der Waals surface area contributed by atoms with Crippen LogP contribution < -0.4 is 16.4 Å². The van der Waals surface area contributed by atoms with E-state index in [0.29, 0.717) is 0 Å². The van der Waals surface area contributed by atoms with Gasteiger partial charge in [0.15, 0.2) is 0 Å². The molecule has 0 aromatic heterocycles. The van der Waals surface area contributed by atoms with Gasteiger partial charge >= 0.3 is 6.09 Å². The summed E-state index contributed by atoms with van der Waals surface area (Å²) in [4.78, 5) is 38.0. The molecule has 0 heterocycles. The summed E-state index contributed by atoms with van der Waals surface area (Å²) in [5, 5.41) is 5.37. The van der Waals surface area contributed by atoms with Gasteiger partial charge in [-0.3, -0.25) is 9.59 Å². The largest absolute Gasteiger partial charge is 0.445 e. The molecule has 0 aliphatic rings. The summed E-state index contributed by atoms with van der Waals surface area (Å²) in [6.45, 7) is 6.44. The second-order valence-electron chi connectivity index (χ2n) is 10.1. The molecule has 0 spiro atoms. The number of nitrogens with two attached hydrogens (primary N) is 1. The van der Waals surface area contributed by atoms with E-state index in [0.717, 1.165) is 22.3 Å². The lowest BCUT2D eigenvalue weighted by molar-refractivity contribution is -0.128. The molecule has 2 atom stereocenters. The van der Waals surface area contributed by atoms with Gasteiger partial charge in [0.25, 0.3) is 0 Å². The highest BCUT2D eigenvalue weighted by Gasteiger charge is 2.27. The molecule has 37 heavy (non-hydrogen) atoms. The minimum Gasteiger partial charge on any atom is -0.445 e. The molecular weight excluding hydrogens is 466 g/mol. The Bertz CT molecular complexity index is 1170. The number of hydrogen-bond donors (Lipinski definition) is 3. The summed E-state index contributed by atoms with van der Waals surface area (Å²) in [5.74, 6) is -1.17. The van der Waals surface area contributed by atoms with Crippen LogP contribution in [-0.2, 0) is 39.2 Å². The van der Waals surface area contributed by atoms with Gasteiger partial charge in [-0.15, -0.1) is 0 Å². The van der Waals surface area contributed by atoms with Gasteiger partial charge in [-0.2, -0.15) is 0 Å². The number of nitrogens with one attached hydrogen (secondary N) is 2. The third-order valence-electron chi connectivity index (χ3n) is 6.02. The highest BCUT2D eigenvalue weighted by Crippen LogP contribution is 2.22. The maximum absolute atomic E-state index is 13.3. The molecule has 0 saturated heterocycles. The van der Waals surface area contributed by atoms with Gasteiger partial charge in [-0.25, -0.2) is 4.79 Å². The molecule has 3 aromatic carbocycles. The summed E-state index contributed by atoms with van der Waals surface area (Å²) < 4.78 is 5.31. The van der Waals surface area contributed by atoms with Crippen LogP contribution in [0, 0.1) is 0 Å². The van der Waals surface area contributed by atoms with Gasteiger partial charge in [0.05, 0.1) is 0 Å². The first-order chi connectivity index (χ1) is 17.6. The van der Waals surface area contributed by atoms with E-state index in [4.69, 9.17) is 10.5 Å². The third kappa shape index (κ3) is 8.79. The SMILES string of the molecule is CC(C)(C)c1ccc(C[C@H](NC(=O)[C@H](Cc2ccccc2)NC(=O)OCc2ccccc2)C(N)=O)cc1. The number of benzene rings is 3. The third-order valence-corrected chi connectivity index (χ3v) is 6.02. The predicted octanol–water partition coefficient (Wildman–Crippen LogP) is 4.03. The van der Waals surface area contributed by atoms with E-state index in [9.17, 15) is 14.4 Å². The molecule has 194 valence electrons. The number of carbonyl (C=O) groups is 3. The molecule has 3 aromatic rings. The van der Waals surface area contributed by atoms with Crippen molar-refractivity contribution in [2.45, 2.75) is 57.7 Å². The maximum Gasteiger partial charge on any atom is 0.408 e. The molecule has 0 saturated carbocycles. The smallest absolute Gasteiger partial charge is 0.408 e. The average Bonchev–Trinajstić information content (AvgIpc) is 2.87. The Morgan fingerprint density at radius 3 is 1.78 bits per heavy atom. The van der Waals surface area contributed by atoms with Crippen LogP contribution >= 0.6 is 0 Å². The van der Waals surface area contributed by atoms with E-state index in [1.165, 1.54) is 0 Å². The Labute approximate surface area is 218 Å². The van der Waals surface area contributed by atoms with Crippen LogP contribution in [0.2, 0.25) is 0 Å². The lowest BCUT2D eigenvalue weighted by atomic mass is 9.86. The molecule has 4 N–H and O–H groups in total. The van der Waals surface area contributed by atoms with E-state index in [-0.39, 0.29) is 24.9 Å². The Kier molecular flexibility index (Phi) is 9.44. The zero-order valence-electron chi connectivity index (χ0n) is 21.6. The zero-order valence-corrected chi connectivity index (χ0v) is 21.6. The maximum atomic E-state index is 13.3. The zero-order chi connectivity index (χ0) is 26.8. The lowest BCUT2D eigenvalue weighted by Gasteiger charge is -2.23. The van der Waals surface area contributed by atoms with E-state index >= 15 is 0 Å². The van der Waals surface area contributed by atoms with E-state index < -0.39 is 30.0 Å². The van der Waals surface area contributed by atoms with Crippen LogP contribution in [0.5, 0.6) is 0 Å².